The molecule has 1 aliphatic heterocycles. The predicted molar refractivity (Wildman–Crippen MR) is 106 cm³/mol. The van der Waals surface area contributed by atoms with Gasteiger partial charge in [-0.1, -0.05) is 48.5 Å². The van der Waals surface area contributed by atoms with E-state index in [1.807, 2.05) is 24.3 Å². The highest BCUT2D eigenvalue weighted by atomic mass is 16.2. The van der Waals surface area contributed by atoms with Crippen molar-refractivity contribution in [2.75, 3.05) is 6.54 Å². The van der Waals surface area contributed by atoms with Crippen molar-refractivity contribution in [2.24, 2.45) is 0 Å². The van der Waals surface area contributed by atoms with Gasteiger partial charge in [0.1, 0.15) is 0 Å². The maximum atomic E-state index is 12.9. The van der Waals surface area contributed by atoms with Gasteiger partial charge in [0.05, 0.1) is 12.6 Å². The average molecular weight is 389 g/mol. The first-order valence-corrected chi connectivity index (χ1v) is 9.24. The van der Waals surface area contributed by atoms with Crippen LogP contribution < -0.4 is 0 Å². The molecule has 1 unspecified atom stereocenters. The van der Waals surface area contributed by atoms with E-state index in [9.17, 15) is 19.2 Å². The molecule has 0 radical (unpaired) electrons. The van der Waals surface area contributed by atoms with Crippen LogP contribution in [0.3, 0.4) is 0 Å². The lowest BCUT2D eigenvalue weighted by Crippen LogP contribution is -2.38. The standard InChI is InChI=1S/C22H19N3O4/c1-13-19(16-10-6-7-11-17(16)23-13)18(26)12-24-20(27)21(28)25(22(24)29)14(2)15-8-4-3-5-9-15/h3-11,14,23H,12H2,1-2H3. The van der Waals surface area contributed by atoms with E-state index in [1.54, 1.807) is 44.2 Å². The minimum absolute atomic E-state index is 0.399. The normalized spacial score (nSPS) is 15.4. The number of fused-ring (bicyclic) bond motifs is 1. The number of rotatable bonds is 5. The number of hydrogen-bond donors (Lipinski definition) is 1. The number of hydrogen-bond acceptors (Lipinski definition) is 4. The van der Waals surface area contributed by atoms with Crippen LogP contribution in [-0.4, -0.2) is 45.0 Å². The van der Waals surface area contributed by atoms with Crippen LogP contribution in [0.2, 0.25) is 0 Å². The van der Waals surface area contributed by atoms with Gasteiger partial charge in [-0.25, -0.2) is 14.6 Å². The number of imide groups is 2. The van der Waals surface area contributed by atoms with Crippen molar-refractivity contribution in [3.8, 4) is 0 Å². The molecule has 0 aliphatic carbocycles. The van der Waals surface area contributed by atoms with Crippen molar-refractivity contribution in [3.63, 3.8) is 0 Å². The molecule has 0 spiro atoms. The molecule has 29 heavy (non-hydrogen) atoms. The number of nitrogens with zero attached hydrogens (tertiary/aromatic N) is 2. The summed E-state index contributed by atoms with van der Waals surface area (Å²) in [4.78, 5) is 55.5. The minimum atomic E-state index is -0.983. The first kappa shape index (κ1) is 18.6. The van der Waals surface area contributed by atoms with Gasteiger partial charge in [-0.15, -0.1) is 0 Å². The molecular formula is C22H19N3O4. The van der Waals surface area contributed by atoms with Gasteiger partial charge < -0.3 is 4.98 Å². The fourth-order valence-electron chi connectivity index (χ4n) is 3.74. The second-order valence-electron chi connectivity index (χ2n) is 7.03. The first-order chi connectivity index (χ1) is 13.9. The third-order valence-corrected chi connectivity index (χ3v) is 5.23. The summed E-state index contributed by atoms with van der Waals surface area (Å²) in [5.74, 6) is -2.30. The smallest absolute Gasteiger partial charge is 0.335 e. The van der Waals surface area contributed by atoms with E-state index in [0.717, 1.165) is 26.3 Å². The molecule has 4 amide bonds. The van der Waals surface area contributed by atoms with Gasteiger partial charge in [0.25, 0.3) is 0 Å². The van der Waals surface area contributed by atoms with E-state index < -0.39 is 36.2 Å². The highest BCUT2D eigenvalue weighted by molar-refractivity contribution is 6.45. The molecular weight excluding hydrogens is 370 g/mol. The summed E-state index contributed by atoms with van der Waals surface area (Å²) in [6, 6.07) is 14.9. The van der Waals surface area contributed by atoms with Crippen LogP contribution in [-0.2, 0) is 9.59 Å². The monoisotopic (exact) mass is 389 g/mol. The SMILES string of the molecule is Cc1[nH]c2ccccc2c1C(=O)CN1C(=O)C(=O)N(C(C)c2ccccc2)C1=O. The van der Waals surface area contributed by atoms with E-state index in [4.69, 9.17) is 0 Å². The van der Waals surface area contributed by atoms with Crippen LogP contribution in [0.1, 0.15) is 34.6 Å². The Kier molecular flexibility index (Phi) is 4.50. The third-order valence-electron chi connectivity index (χ3n) is 5.23. The average Bonchev–Trinajstić information content (AvgIpc) is 3.16. The van der Waals surface area contributed by atoms with Gasteiger partial charge in [0, 0.05) is 22.2 Å². The van der Waals surface area contributed by atoms with Gasteiger partial charge in [0.2, 0.25) is 0 Å². The molecule has 2 aromatic carbocycles. The molecule has 1 N–H and O–H groups in total. The molecule has 0 saturated carbocycles. The van der Waals surface area contributed by atoms with E-state index in [2.05, 4.69) is 4.98 Å². The number of nitrogens with one attached hydrogen (secondary N) is 1. The number of aryl methyl sites for hydroxylation is 1. The zero-order valence-electron chi connectivity index (χ0n) is 16.0. The molecule has 4 rings (SSSR count). The number of Topliss-reactive ketones (excluding diaryl/α,β-unsaturated/α-hetero) is 1. The lowest BCUT2D eigenvalue weighted by molar-refractivity contribution is -0.143. The quantitative estimate of drug-likeness (QED) is 0.412. The van der Waals surface area contributed by atoms with E-state index in [1.165, 1.54) is 0 Å². The summed E-state index contributed by atoms with van der Waals surface area (Å²) in [6.07, 6.45) is 0. The number of benzene rings is 2. The van der Waals surface area contributed by atoms with Crippen molar-refractivity contribution in [1.82, 2.24) is 14.8 Å². The minimum Gasteiger partial charge on any atom is -0.358 e. The van der Waals surface area contributed by atoms with Gasteiger partial charge in [-0.3, -0.25) is 14.4 Å². The van der Waals surface area contributed by atoms with Crippen LogP contribution in [0.5, 0.6) is 0 Å². The lowest BCUT2D eigenvalue weighted by atomic mass is 10.1. The molecule has 1 aromatic heterocycles. The second kappa shape index (κ2) is 7.01. The Balaban J connectivity index is 1.61. The van der Waals surface area contributed by atoms with Crippen molar-refractivity contribution >= 4 is 34.5 Å². The fraction of sp³-hybridized carbons (Fsp3) is 0.182. The number of urea groups is 1. The summed E-state index contributed by atoms with van der Waals surface area (Å²) in [5.41, 5.74) is 2.59. The molecule has 1 aliphatic rings. The Labute approximate surface area is 166 Å². The van der Waals surface area contributed by atoms with Crippen LogP contribution in [0.15, 0.2) is 54.6 Å². The zero-order chi connectivity index (χ0) is 20.7. The number of amides is 4. The summed E-state index contributed by atoms with van der Waals surface area (Å²) in [6.45, 7) is 2.95. The molecule has 146 valence electrons. The maximum absolute atomic E-state index is 12.9. The fourth-order valence-corrected chi connectivity index (χ4v) is 3.74. The van der Waals surface area contributed by atoms with Crippen LogP contribution >= 0.6 is 0 Å². The molecule has 7 heteroatoms. The number of ketones is 1. The number of aromatic amines is 1. The Hall–Kier alpha value is -3.74. The van der Waals surface area contributed by atoms with Crippen LogP contribution in [0.4, 0.5) is 4.79 Å². The van der Waals surface area contributed by atoms with Crippen molar-refractivity contribution in [2.45, 2.75) is 19.9 Å². The largest absolute Gasteiger partial charge is 0.358 e. The Bertz CT molecular complexity index is 1150. The van der Waals surface area contributed by atoms with Crippen molar-refractivity contribution in [1.29, 1.82) is 0 Å². The Morgan fingerprint density at radius 3 is 2.34 bits per heavy atom. The van der Waals surface area contributed by atoms with Gasteiger partial charge in [-0.05, 0) is 25.5 Å². The highest BCUT2D eigenvalue weighted by Crippen LogP contribution is 2.27. The number of H-pyrrole nitrogens is 1. The topological polar surface area (TPSA) is 90.6 Å². The summed E-state index contributed by atoms with van der Waals surface area (Å²) >= 11 is 0. The molecule has 2 heterocycles. The van der Waals surface area contributed by atoms with E-state index in [0.29, 0.717) is 11.3 Å². The Morgan fingerprint density at radius 1 is 0.966 bits per heavy atom. The maximum Gasteiger partial charge on any atom is 0.335 e. The van der Waals surface area contributed by atoms with Crippen LogP contribution in [0, 0.1) is 6.92 Å². The van der Waals surface area contributed by atoms with Crippen LogP contribution in [0.25, 0.3) is 10.9 Å². The summed E-state index contributed by atoms with van der Waals surface area (Å²) in [7, 11) is 0. The van der Waals surface area contributed by atoms with E-state index >= 15 is 0 Å². The first-order valence-electron chi connectivity index (χ1n) is 9.24. The molecule has 0 bridgehead atoms. The zero-order valence-corrected chi connectivity index (χ0v) is 16.0. The molecule has 1 atom stereocenters. The Morgan fingerprint density at radius 2 is 1.62 bits per heavy atom. The molecule has 3 aromatic rings. The third kappa shape index (κ3) is 3.00. The molecule has 1 fully saturated rings. The van der Waals surface area contributed by atoms with Gasteiger partial charge >= 0.3 is 17.8 Å². The van der Waals surface area contributed by atoms with E-state index in [-0.39, 0.29) is 0 Å². The number of para-hydroxylation sites is 1. The molecule has 1 saturated heterocycles. The van der Waals surface area contributed by atoms with Gasteiger partial charge in [-0.2, -0.15) is 0 Å². The molecule has 7 nitrogen and oxygen atoms in total. The number of carbonyl (C=O) groups excluding carboxylic acids is 4. The van der Waals surface area contributed by atoms with Gasteiger partial charge in [0.15, 0.2) is 5.78 Å². The predicted octanol–water partition coefficient (Wildman–Crippen LogP) is 3.21. The summed E-state index contributed by atoms with van der Waals surface area (Å²) in [5, 5.41) is 0.718. The highest BCUT2D eigenvalue weighted by Gasteiger charge is 2.47. The second-order valence-corrected chi connectivity index (χ2v) is 7.03. The van der Waals surface area contributed by atoms with Crippen molar-refractivity contribution < 1.29 is 19.2 Å². The summed E-state index contributed by atoms with van der Waals surface area (Å²) < 4.78 is 0. The number of aromatic nitrogens is 1. The lowest BCUT2D eigenvalue weighted by Gasteiger charge is -2.22. The number of carbonyl (C=O) groups is 4. The van der Waals surface area contributed by atoms with Crippen molar-refractivity contribution in [3.05, 3.63) is 71.4 Å².